The largest absolute Gasteiger partial charge is 0.468 e. The van der Waals surface area contributed by atoms with Crippen LogP contribution in [0.4, 0.5) is 0 Å². The van der Waals surface area contributed by atoms with E-state index in [0.717, 1.165) is 11.5 Å². The number of ether oxygens (including phenoxy) is 1. The second kappa shape index (κ2) is 6.19. The Morgan fingerprint density at radius 3 is 2.35 bits per heavy atom. The first kappa shape index (κ1) is 16.4. The van der Waals surface area contributed by atoms with E-state index >= 15 is 0 Å². The molecular formula is C14H18O5S. The molecular weight excluding hydrogens is 280 g/mol. The summed E-state index contributed by atoms with van der Waals surface area (Å²) in [5.41, 5.74) is -1.42. The highest BCUT2D eigenvalue weighted by Crippen LogP contribution is 2.26. The van der Waals surface area contributed by atoms with E-state index in [1.54, 1.807) is 18.2 Å². The zero-order chi connectivity index (χ0) is 15.4. The Balaban J connectivity index is 3.15. The second-order valence-corrected chi connectivity index (χ2v) is 6.44. The molecule has 1 rings (SSSR count). The van der Waals surface area contributed by atoms with E-state index in [4.69, 9.17) is 0 Å². The average molecular weight is 298 g/mol. The summed E-state index contributed by atoms with van der Waals surface area (Å²) in [6.45, 7) is 2.82. The van der Waals surface area contributed by atoms with Crippen LogP contribution in [0.25, 0.3) is 0 Å². The van der Waals surface area contributed by atoms with Crippen LogP contribution in [-0.2, 0) is 19.4 Å². The fourth-order valence-electron chi connectivity index (χ4n) is 1.52. The molecule has 0 aliphatic heterocycles. The summed E-state index contributed by atoms with van der Waals surface area (Å²) < 4.78 is 28.8. The predicted molar refractivity (Wildman–Crippen MR) is 74.6 cm³/mol. The lowest BCUT2D eigenvalue weighted by Gasteiger charge is -2.25. The normalized spacial score (nSPS) is 16.6. The summed E-state index contributed by atoms with van der Waals surface area (Å²) in [5.74, 6) is -0.702. The number of methoxy groups -OCH3 is 1. The molecule has 0 aliphatic rings. The number of hydrogen-bond donors (Lipinski definition) is 1. The lowest BCUT2D eigenvalue weighted by molar-refractivity contribution is -0.153. The molecule has 0 radical (unpaired) electrons. The summed E-state index contributed by atoms with van der Waals surface area (Å²) >= 11 is 0. The van der Waals surface area contributed by atoms with Gasteiger partial charge in [-0.25, -0.2) is 8.42 Å². The van der Waals surface area contributed by atoms with Gasteiger partial charge < -0.3 is 9.84 Å². The molecule has 0 heterocycles. The van der Waals surface area contributed by atoms with E-state index < -0.39 is 27.3 Å². The number of carbonyl (C=O) groups excluding carboxylic acids is 1. The van der Waals surface area contributed by atoms with Gasteiger partial charge in [0.1, 0.15) is 5.41 Å². The number of aliphatic hydroxyl groups excluding tert-OH is 1. The first-order valence-electron chi connectivity index (χ1n) is 6.00. The van der Waals surface area contributed by atoms with E-state index in [9.17, 15) is 18.3 Å². The van der Waals surface area contributed by atoms with Crippen molar-refractivity contribution < 1.29 is 23.1 Å². The second-order valence-electron chi connectivity index (χ2n) is 4.61. The number of rotatable bonds is 5. The van der Waals surface area contributed by atoms with Gasteiger partial charge in [-0.1, -0.05) is 24.3 Å². The molecule has 0 unspecified atom stereocenters. The number of sulfone groups is 1. The van der Waals surface area contributed by atoms with Crippen molar-refractivity contribution in [2.24, 2.45) is 5.41 Å². The van der Waals surface area contributed by atoms with E-state index in [1.807, 2.05) is 0 Å². The Bertz CT molecular complexity index is 589. The first-order valence-corrected chi connectivity index (χ1v) is 7.54. The maximum atomic E-state index is 12.1. The Morgan fingerprint density at radius 1 is 1.35 bits per heavy atom. The highest BCUT2D eigenvalue weighted by Gasteiger charge is 2.37. The molecule has 0 aromatic heterocycles. The van der Waals surface area contributed by atoms with Crippen LogP contribution in [-0.4, -0.2) is 32.7 Å². The molecule has 0 fully saturated rings. The minimum atomic E-state index is -3.67. The number of aliphatic hydroxyl groups is 1. The fourth-order valence-corrected chi connectivity index (χ4v) is 2.67. The molecule has 0 saturated carbocycles. The average Bonchev–Trinajstić information content (AvgIpc) is 2.44. The fraction of sp³-hybridized carbons (Fsp3) is 0.357. The van der Waals surface area contributed by atoms with Gasteiger partial charge in [0, 0.05) is 5.41 Å². The van der Waals surface area contributed by atoms with Crippen LogP contribution >= 0.6 is 0 Å². The van der Waals surface area contributed by atoms with Crippen molar-refractivity contribution in [3.8, 4) is 0 Å². The van der Waals surface area contributed by atoms with Crippen molar-refractivity contribution in [2.75, 3.05) is 7.11 Å². The van der Waals surface area contributed by atoms with E-state index in [1.165, 1.54) is 33.1 Å². The topological polar surface area (TPSA) is 80.7 Å². The van der Waals surface area contributed by atoms with E-state index in [-0.39, 0.29) is 4.90 Å². The third-order valence-corrected chi connectivity index (χ3v) is 4.58. The highest BCUT2D eigenvalue weighted by atomic mass is 32.2. The SMILES string of the molecule is COC(=O)[C@](C)(/C=C/S(=O)(=O)c1ccccc1)[C@@H](C)O. The van der Waals surface area contributed by atoms with Crippen molar-refractivity contribution in [2.45, 2.75) is 24.8 Å². The van der Waals surface area contributed by atoms with Crippen LogP contribution < -0.4 is 0 Å². The number of carbonyl (C=O) groups is 1. The molecule has 20 heavy (non-hydrogen) atoms. The van der Waals surface area contributed by atoms with Gasteiger partial charge in [0.2, 0.25) is 0 Å². The van der Waals surface area contributed by atoms with Gasteiger partial charge in [0.15, 0.2) is 9.84 Å². The minimum absolute atomic E-state index is 0.119. The standard InChI is InChI=1S/C14H18O5S/c1-11(15)14(2,13(16)19-3)9-10-20(17,18)12-7-5-4-6-8-12/h4-11,15H,1-3H3/b10-9+/t11-,14-/m1/s1. The van der Waals surface area contributed by atoms with Gasteiger partial charge in [-0.2, -0.15) is 0 Å². The van der Waals surface area contributed by atoms with Gasteiger partial charge in [0.05, 0.1) is 18.1 Å². The number of hydrogen-bond acceptors (Lipinski definition) is 5. The minimum Gasteiger partial charge on any atom is -0.468 e. The Kier molecular flexibility index (Phi) is 5.08. The Labute approximate surface area is 118 Å². The molecule has 1 N–H and O–H groups in total. The molecule has 6 heteroatoms. The van der Waals surface area contributed by atoms with Gasteiger partial charge in [-0.3, -0.25) is 4.79 Å². The lowest BCUT2D eigenvalue weighted by Crippen LogP contribution is -2.37. The zero-order valence-corrected chi connectivity index (χ0v) is 12.4. The summed E-state index contributed by atoms with van der Waals surface area (Å²) in [6.07, 6.45) is 0.0726. The third-order valence-electron chi connectivity index (χ3n) is 3.16. The first-order chi connectivity index (χ1) is 9.24. The van der Waals surface area contributed by atoms with Crippen LogP contribution in [0.5, 0.6) is 0 Å². The third kappa shape index (κ3) is 3.46. The molecule has 0 aliphatic carbocycles. The summed E-state index contributed by atoms with van der Waals surface area (Å²) in [4.78, 5) is 11.8. The van der Waals surface area contributed by atoms with E-state index in [0.29, 0.717) is 0 Å². The molecule has 1 aromatic carbocycles. The van der Waals surface area contributed by atoms with Gasteiger partial charge >= 0.3 is 5.97 Å². The molecule has 0 amide bonds. The van der Waals surface area contributed by atoms with Crippen LogP contribution in [0.3, 0.4) is 0 Å². The van der Waals surface area contributed by atoms with Crippen molar-refractivity contribution >= 4 is 15.8 Å². The van der Waals surface area contributed by atoms with E-state index in [2.05, 4.69) is 4.74 Å². The Hall–Kier alpha value is -1.66. The summed E-state index contributed by atoms with van der Waals surface area (Å²) in [5, 5.41) is 10.6. The maximum Gasteiger partial charge on any atom is 0.318 e. The quantitative estimate of drug-likeness (QED) is 0.834. The molecule has 0 spiro atoms. The molecule has 5 nitrogen and oxygen atoms in total. The smallest absolute Gasteiger partial charge is 0.318 e. The Morgan fingerprint density at radius 2 is 1.90 bits per heavy atom. The van der Waals surface area contributed by atoms with Gasteiger partial charge in [0.25, 0.3) is 0 Å². The molecule has 0 bridgehead atoms. The van der Waals surface area contributed by atoms with Crippen molar-refractivity contribution in [1.82, 2.24) is 0 Å². The maximum absolute atomic E-state index is 12.1. The summed E-state index contributed by atoms with van der Waals surface area (Å²) in [6, 6.07) is 7.83. The lowest BCUT2D eigenvalue weighted by atomic mass is 9.85. The zero-order valence-electron chi connectivity index (χ0n) is 11.6. The number of benzene rings is 1. The van der Waals surface area contributed by atoms with Crippen molar-refractivity contribution in [3.05, 3.63) is 41.8 Å². The summed E-state index contributed by atoms with van der Waals surface area (Å²) in [7, 11) is -2.49. The van der Waals surface area contributed by atoms with Crippen molar-refractivity contribution in [1.29, 1.82) is 0 Å². The van der Waals surface area contributed by atoms with Crippen LogP contribution in [0.2, 0.25) is 0 Å². The predicted octanol–water partition coefficient (Wildman–Crippen LogP) is 1.53. The monoisotopic (exact) mass is 298 g/mol. The van der Waals surface area contributed by atoms with Crippen LogP contribution in [0.15, 0.2) is 46.7 Å². The van der Waals surface area contributed by atoms with Gasteiger partial charge in [-0.15, -0.1) is 0 Å². The molecule has 0 saturated heterocycles. The highest BCUT2D eigenvalue weighted by molar-refractivity contribution is 7.94. The van der Waals surface area contributed by atoms with Crippen LogP contribution in [0, 0.1) is 5.41 Å². The molecule has 110 valence electrons. The molecule has 2 atom stereocenters. The molecule has 1 aromatic rings. The van der Waals surface area contributed by atoms with Crippen LogP contribution in [0.1, 0.15) is 13.8 Å². The number of esters is 1. The van der Waals surface area contributed by atoms with Crippen molar-refractivity contribution in [3.63, 3.8) is 0 Å². The van der Waals surface area contributed by atoms with Gasteiger partial charge in [-0.05, 0) is 26.0 Å².